The van der Waals surface area contributed by atoms with E-state index in [1.165, 1.54) is 11.8 Å². The predicted octanol–water partition coefficient (Wildman–Crippen LogP) is 4.33. The number of thioether (sulfide) groups is 1. The average Bonchev–Trinajstić information content (AvgIpc) is 3.09. The summed E-state index contributed by atoms with van der Waals surface area (Å²) in [7, 11) is 0. The second-order valence-electron chi connectivity index (χ2n) is 3.96. The van der Waals surface area contributed by atoms with E-state index in [9.17, 15) is 0 Å². The quantitative estimate of drug-likeness (QED) is 0.572. The standard InChI is InChI=1S/C13H10ClN3OS2/c14-8-3-4-9(15)11(6-8)20-7-12-16-13(18-17-12)10-2-1-5-19-10/h1-6H,7,15H2. The third-order valence-corrected chi connectivity index (χ3v) is 4.69. The zero-order valence-electron chi connectivity index (χ0n) is 10.2. The Balaban J connectivity index is 1.71. The molecule has 20 heavy (non-hydrogen) atoms. The molecule has 2 heterocycles. The Bertz CT molecular complexity index is 712. The third-order valence-electron chi connectivity index (χ3n) is 2.53. The van der Waals surface area contributed by atoms with Crippen LogP contribution in [-0.2, 0) is 5.75 Å². The van der Waals surface area contributed by atoms with E-state index in [-0.39, 0.29) is 0 Å². The van der Waals surface area contributed by atoms with E-state index in [0.29, 0.717) is 28.2 Å². The van der Waals surface area contributed by atoms with Crippen LogP contribution >= 0.6 is 34.7 Å². The molecule has 2 aromatic heterocycles. The molecule has 102 valence electrons. The molecular weight excluding hydrogens is 314 g/mol. The second-order valence-corrected chi connectivity index (χ2v) is 6.37. The number of hydrogen-bond donors (Lipinski definition) is 1. The largest absolute Gasteiger partial charge is 0.398 e. The Kier molecular flexibility index (Phi) is 3.95. The van der Waals surface area contributed by atoms with Gasteiger partial charge in [-0.1, -0.05) is 22.8 Å². The van der Waals surface area contributed by atoms with Crippen LogP contribution in [0.4, 0.5) is 5.69 Å². The highest BCUT2D eigenvalue weighted by Gasteiger charge is 2.10. The lowest BCUT2D eigenvalue weighted by Crippen LogP contribution is -1.90. The van der Waals surface area contributed by atoms with E-state index in [1.54, 1.807) is 23.5 Å². The van der Waals surface area contributed by atoms with E-state index in [1.807, 2.05) is 23.6 Å². The van der Waals surface area contributed by atoms with Crippen molar-refractivity contribution in [3.63, 3.8) is 0 Å². The van der Waals surface area contributed by atoms with Crippen molar-refractivity contribution in [1.29, 1.82) is 0 Å². The molecule has 0 unspecified atom stereocenters. The molecule has 0 aliphatic heterocycles. The molecule has 0 radical (unpaired) electrons. The molecule has 0 bridgehead atoms. The molecule has 0 aliphatic rings. The number of hydrogen-bond acceptors (Lipinski definition) is 6. The molecule has 2 N–H and O–H groups in total. The van der Waals surface area contributed by atoms with Crippen molar-refractivity contribution in [3.8, 4) is 10.8 Å². The van der Waals surface area contributed by atoms with E-state index >= 15 is 0 Å². The normalized spacial score (nSPS) is 10.8. The van der Waals surface area contributed by atoms with Crippen molar-refractivity contribution in [3.05, 3.63) is 46.6 Å². The van der Waals surface area contributed by atoms with Crippen molar-refractivity contribution in [2.24, 2.45) is 0 Å². The Labute approximate surface area is 129 Å². The first kappa shape index (κ1) is 13.5. The van der Waals surface area contributed by atoms with Gasteiger partial charge in [-0.25, -0.2) is 0 Å². The summed E-state index contributed by atoms with van der Waals surface area (Å²) in [6.07, 6.45) is 0. The fourth-order valence-electron chi connectivity index (χ4n) is 1.59. The van der Waals surface area contributed by atoms with Gasteiger partial charge in [0.15, 0.2) is 5.82 Å². The lowest BCUT2D eigenvalue weighted by atomic mass is 10.3. The summed E-state index contributed by atoms with van der Waals surface area (Å²) in [5, 5.41) is 6.60. The first-order chi connectivity index (χ1) is 9.72. The summed E-state index contributed by atoms with van der Waals surface area (Å²) >= 11 is 9.05. The molecule has 3 aromatic rings. The summed E-state index contributed by atoms with van der Waals surface area (Å²) in [6.45, 7) is 0. The Morgan fingerprint density at radius 2 is 2.25 bits per heavy atom. The monoisotopic (exact) mass is 323 g/mol. The number of nitrogens with zero attached hydrogens (tertiary/aromatic N) is 2. The number of benzene rings is 1. The van der Waals surface area contributed by atoms with Crippen molar-refractivity contribution in [2.45, 2.75) is 10.6 Å². The Hall–Kier alpha value is -1.50. The third kappa shape index (κ3) is 2.98. The van der Waals surface area contributed by atoms with Crippen LogP contribution in [0, 0.1) is 0 Å². The Morgan fingerprint density at radius 1 is 1.35 bits per heavy atom. The van der Waals surface area contributed by atoms with Crippen LogP contribution in [0.1, 0.15) is 5.82 Å². The number of rotatable bonds is 4. The first-order valence-corrected chi connectivity index (χ1v) is 8.01. The average molecular weight is 324 g/mol. The van der Waals surface area contributed by atoms with Crippen LogP contribution in [0.25, 0.3) is 10.8 Å². The summed E-state index contributed by atoms with van der Waals surface area (Å²) in [4.78, 5) is 6.24. The molecule has 0 aliphatic carbocycles. The highest BCUT2D eigenvalue weighted by atomic mass is 35.5. The molecule has 0 atom stereocenters. The van der Waals surface area contributed by atoms with E-state index in [2.05, 4.69) is 10.1 Å². The predicted molar refractivity (Wildman–Crippen MR) is 83.0 cm³/mol. The van der Waals surface area contributed by atoms with Crippen molar-refractivity contribution in [2.75, 3.05) is 5.73 Å². The van der Waals surface area contributed by atoms with Crippen molar-refractivity contribution in [1.82, 2.24) is 10.1 Å². The van der Waals surface area contributed by atoms with Gasteiger partial charge in [0, 0.05) is 15.6 Å². The zero-order valence-corrected chi connectivity index (χ0v) is 12.6. The van der Waals surface area contributed by atoms with Gasteiger partial charge in [0.1, 0.15) is 0 Å². The van der Waals surface area contributed by atoms with Gasteiger partial charge in [-0.15, -0.1) is 23.1 Å². The molecule has 4 nitrogen and oxygen atoms in total. The van der Waals surface area contributed by atoms with Crippen molar-refractivity contribution >= 4 is 40.4 Å². The lowest BCUT2D eigenvalue weighted by molar-refractivity contribution is 0.426. The van der Waals surface area contributed by atoms with Crippen LogP contribution in [0.3, 0.4) is 0 Å². The lowest BCUT2D eigenvalue weighted by Gasteiger charge is -2.03. The number of nitrogen functional groups attached to an aromatic ring is 1. The summed E-state index contributed by atoms with van der Waals surface area (Å²) in [5.74, 6) is 1.77. The molecule has 0 saturated heterocycles. The first-order valence-electron chi connectivity index (χ1n) is 5.76. The number of thiophene rings is 1. The Morgan fingerprint density at radius 3 is 3.05 bits per heavy atom. The highest BCUT2D eigenvalue weighted by Crippen LogP contribution is 2.30. The molecular formula is C13H10ClN3OS2. The van der Waals surface area contributed by atoms with Gasteiger partial charge in [-0.2, -0.15) is 4.98 Å². The minimum atomic E-state index is 0.551. The van der Waals surface area contributed by atoms with Gasteiger partial charge in [-0.05, 0) is 29.6 Å². The van der Waals surface area contributed by atoms with Gasteiger partial charge < -0.3 is 10.3 Å². The number of anilines is 1. The SMILES string of the molecule is Nc1ccc(Cl)cc1SCc1noc(-c2cccs2)n1. The number of aromatic nitrogens is 2. The molecule has 7 heteroatoms. The van der Waals surface area contributed by atoms with Crippen LogP contribution in [0.2, 0.25) is 5.02 Å². The van der Waals surface area contributed by atoms with E-state index in [4.69, 9.17) is 21.9 Å². The molecule has 1 aromatic carbocycles. The molecule has 0 fully saturated rings. The van der Waals surface area contributed by atoms with Gasteiger partial charge in [0.25, 0.3) is 5.89 Å². The maximum atomic E-state index is 5.95. The topological polar surface area (TPSA) is 64.9 Å². The van der Waals surface area contributed by atoms with Crippen molar-refractivity contribution < 1.29 is 4.52 Å². The minimum absolute atomic E-state index is 0.551. The second kappa shape index (κ2) is 5.87. The van der Waals surface area contributed by atoms with Gasteiger partial charge in [0.2, 0.25) is 0 Å². The molecule has 3 rings (SSSR count). The number of nitrogens with two attached hydrogens (primary N) is 1. The summed E-state index contributed by atoms with van der Waals surface area (Å²) in [6, 6.07) is 9.29. The van der Waals surface area contributed by atoms with E-state index in [0.717, 1.165) is 9.77 Å². The number of halogens is 1. The summed E-state index contributed by atoms with van der Waals surface area (Å²) < 4.78 is 5.23. The van der Waals surface area contributed by atoms with Crippen LogP contribution in [0.5, 0.6) is 0 Å². The smallest absolute Gasteiger partial charge is 0.268 e. The highest BCUT2D eigenvalue weighted by molar-refractivity contribution is 7.98. The van der Waals surface area contributed by atoms with Crippen LogP contribution in [0.15, 0.2) is 45.1 Å². The minimum Gasteiger partial charge on any atom is -0.398 e. The van der Waals surface area contributed by atoms with Gasteiger partial charge in [-0.3, -0.25) is 0 Å². The van der Waals surface area contributed by atoms with E-state index < -0.39 is 0 Å². The maximum absolute atomic E-state index is 5.95. The molecule has 0 spiro atoms. The fraction of sp³-hybridized carbons (Fsp3) is 0.0769. The summed E-state index contributed by atoms with van der Waals surface area (Å²) in [5.41, 5.74) is 6.59. The molecule has 0 saturated carbocycles. The molecule has 0 amide bonds. The van der Waals surface area contributed by atoms with Gasteiger partial charge in [0.05, 0.1) is 10.6 Å². The van der Waals surface area contributed by atoms with Gasteiger partial charge >= 0.3 is 0 Å². The zero-order chi connectivity index (χ0) is 13.9. The fourth-order valence-corrected chi connectivity index (χ4v) is 3.32. The maximum Gasteiger partial charge on any atom is 0.268 e. The van der Waals surface area contributed by atoms with Crippen LogP contribution < -0.4 is 5.73 Å². The van der Waals surface area contributed by atoms with Crippen LogP contribution in [-0.4, -0.2) is 10.1 Å².